The van der Waals surface area contributed by atoms with Gasteiger partial charge >= 0.3 is 5.97 Å². The summed E-state index contributed by atoms with van der Waals surface area (Å²) in [4.78, 5) is 11.7. The van der Waals surface area contributed by atoms with Gasteiger partial charge in [0.1, 0.15) is 5.75 Å². The summed E-state index contributed by atoms with van der Waals surface area (Å²) in [6, 6.07) is 4.87. The molecule has 0 heterocycles. The van der Waals surface area contributed by atoms with Gasteiger partial charge < -0.3 is 9.47 Å². The molecule has 1 atom stereocenters. The van der Waals surface area contributed by atoms with Gasteiger partial charge in [0.15, 0.2) is 6.61 Å². The fourth-order valence-corrected chi connectivity index (χ4v) is 2.54. The molecule has 22 heavy (non-hydrogen) atoms. The van der Waals surface area contributed by atoms with Gasteiger partial charge in [-0.15, -0.1) is 0 Å². The number of hydrogen-bond acceptors (Lipinski definition) is 3. The van der Waals surface area contributed by atoms with Gasteiger partial charge in [-0.3, -0.25) is 0 Å². The van der Waals surface area contributed by atoms with Gasteiger partial charge in [-0.1, -0.05) is 55.8 Å². The second kappa shape index (κ2) is 10.7. The van der Waals surface area contributed by atoms with Crippen LogP contribution in [0.25, 0.3) is 0 Å². The molecule has 0 aliphatic rings. The van der Waals surface area contributed by atoms with Crippen molar-refractivity contribution in [2.75, 3.05) is 6.61 Å². The standard InChI is InChI=1S/C17H24Cl2O3/c1-3-4-5-6-7-8-13(2)22-17(20)12-21-16-10-9-14(18)11-15(16)19/h9-11,13H,3-8,12H2,1-2H3. The van der Waals surface area contributed by atoms with Crippen LogP contribution in [-0.4, -0.2) is 18.7 Å². The number of unbranched alkanes of at least 4 members (excludes halogenated alkanes) is 4. The first-order chi connectivity index (χ1) is 10.5. The SMILES string of the molecule is CCCCCCCC(C)OC(=O)COc1ccc(Cl)cc1Cl. The summed E-state index contributed by atoms with van der Waals surface area (Å²) >= 11 is 11.8. The molecule has 0 radical (unpaired) electrons. The molecule has 0 aliphatic carbocycles. The minimum absolute atomic E-state index is 0.0848. The van der Waals surface area contributed by atoms with Crippen molar-refractivity contribution in [3.8, 4) is 5.75 Å². The Morgan fingerprint density at radius 2 is 1.91 bits per heavy atom. The van der Waals surface area contributed by atoms with Gasteiger partial charge in [0.05, 0.1) is 11.1 Å². The fraction of sp³-hybridized carbons (Fsp3) is 0.588. The number of carbonyl (C=O) groups is 1. The van der Waals surface area contributed by atoms with E-state index in [9.17, 15) is 4.79 Å². The number of benzene rings is 1. The normalized spacial score (nSPS) is 12.0. The molecule has 0 aromatic heterocycles. The first kappa shape index (κ1) is 19.1. The molecule has 0 saturated carbocycles. The van der Waals surface area contributed by atoms with Gasteiger partial charge in [-0.2, -0.15) is 0 Å². The topological polar surface area (TPSA) is 35.5 Å². The third kappa shape index (κ3) is 7.90. The van der Waals surface area contributed by atoms with E-state index in [1.54, 1.807) is 18.2 Å². The summed E-state index contributed by atoms with van der Waals surface area (Å²) < 4.78 is 10.7. The lowest BCUT2D eigenvalue weighted by Crippen LogP contribution is -2.20. The minimum atomic E-state index is -0.382. The van der Waals surface area contributed by atoms with Crippen LogP contribution in [0.5, 0.6) is 5.75 Å². The fourth-order valence-electron chi connectivity index (χ4n) is 2.08. The molecular formula is C17H24Cl2O3. The van der Waals surface area contributed by atoms with Crippen molar-refractivity contribution < 1.29 is 14.3 Å². The Balaban J connectivity index is 2.22. The Kier molecular flexibility index (Phi) is 9.33. The van der Waals surface area contributed by atoms with Crippen LogP contribution in [-0.2, 0) is 9.53 Å². The lowest BCUT2D eigenvalue weighted by atomic mass is 10.1. The maximum Gasteiger partial charge on any atom is 0.344 e. The third-order valence-electron chi connectivity index (χ3n) is 3.29. The predicted molar refractivity (Wildman–Crippen MR) is 90.9 cm³/mol. The summed E-state index contributed by atoms with van der Waals surface area (Å²) in [6.45, 7) is 3.95. The summed E-state index contributed by atoms with van der Waals surface area (Å²) in [5, 5.41) is 0.904. The Bertz CT molecular complexity index is 463. The number of ether oxygens (including phenoxy) is 2. The lowest BCUT2D eigenvalue weighted by molar-refractivity contribution is -0.150. The molecule has 0 fully saturated rings. The summed E-state index contributed by atoms with van der Waals surface area (Å²) in [6.07, 6.45) is 6.81. The molecule has 0 N–H and O–H groups in total. The highest BCUT2D eigenvalue weighted by Crippen LogP contribution is 2.27. The smallest absolute Gasteiger partial charge is 0.344 e. The molecule has 1 unspecified atom stereocenters. The molecule has 0 spiro atoms. The quantitative estimate of drug-likeness (QED) is 0.404. The van der Waals surface area contributed by atoms with Crippen LogP contribution in [0.4, 0.5) is 0 Å². The maximum atomic E-state index is 11.7. The van der Waals surface area contributed by atoms with E-state index in [0.717, 1.165) is 12.8 Å². The summed E-state index contributed by atoms with van der Waals surface area (Å²) in [5.41, 5.74) is 0. The first-order valence-electron chi connectivity index (χ1n) is 7.80. The molecule has 1 rings (SSSR count). The van der Waals surface area contributed by atoms with Crippen LogP contribution >= 0.6 is 23.2 Å². The van der Waals surface area contributed by atoms with Crippen LogP contribution in [0.1, 0.15) is 52.4 Å². The van der Waals surface area contributed by atoms with Crippen molar-refractivity contribution >= 4 is 29.2 Å². The van der Waals surface area contributed by atoms with E-state index in [1.807, 2.05) is 6.92 Å². The predicted octanol–water partition coefficient (Wildman–Crippen LogP) is 5.66. The van der Waals surface area contributed by atoms with Crippen molar-refractivity contribution in [2.24, 2.45) is 0 Å². The Labute approximate surface area is 142 Å². The van der Waals surface area contributed by atoms with Crippen molar-refractivity contribution in [1.29, 1.82) is 0 Å². The molecular weight excluding hydrogens is 323 g/mol. The van der Waals surface area contributed by atoms with E-state index >= 15 is 0 Å². The average Bonchev–Trinajstić information content (AvgIpc) is 2.46. The van der Waals surface area contributed by atoms with E-state index < -0.39 is 0 Å². The van der Waals surface area contributed by atoms with Crippen LogP contribution in [0, 0.1) is 0 Å². The molecule has 5 heteroatoms. The van der Waals surface area contributed by atoms with Gasteiger partial charge in [-0.05, 0) is 38.0 Å². The van der Waals surface area contributed by atoms with Crippen LogP contribution in [0.15, 0.2) is 18.2 Å². The zero-order valence-corrected chi connectivity index (χ0v) is 14.8. The highest BCUT2D eigenvalue weighted by molar-refractivity contribution is 6.35. The molecule has 0 aliphatic heterocycles. The number of hydrogen-bond donors (Lipinski definition) is 0. The minimum Gasteiger partial charge on any atom is -0.480 e. The Morgan fingerprint density at radius 3 is 2.59 bits per heavy atom. The second-order valence-corrected chi connectivity index (χ2v) is 6.21. The van der Waals surface area contributed by atoms with Crippen LogP contribution in [0.2, 0.25) is 10.0 Å². The number of carbonyl (C=O) groups excluding carboxylic acids is 1. The monoisotopic (exact) mass is 346 g/mol. The van der Waals surface area contributed by atoms with Gasteiger partial charge in [0.2, 0.25) is 0 Å². The van der Waals surface area contributed by atoms with E-state index in [0.29, 0.717) is 15.8 Å². The van der Waals surface area contributed by atoms with Crippen LogP contribution in [0.3, 0.4) is 0 Å². The largest absolute Gasteiger partial charge is 0.480 e. The number of halogens is 2. The molecule has 0 amide bonds. The van der Waals surface area contributed by atoms with E-state index in [-0.39, 0.29) is 18.7 Å². The summed E-state index contributed by atoms with van der Waals surface area (Å²) in [5.74, 6) is 0.0438. The van der Waals surface area contributed by atoms with E-state index in [2.05, 4.69) is 6.92 Å². The Hall–Kier alpha value is -0.930. The summed E-state index contributed by atoms with van der Waals surface area (Å²) in [7, 11) is 0. The van der Waals surface area contributed by atoms with Crippen molar-refractivity contribution in [3.05, 3.63) is 28.2 Å². The van der Waals surface area contributed by atoms with Gasteiger partial charge in [0.25, 0.3) is 0 Å². The Morgan fingerprint density at radius 1 is 1.18 bits per heavy atom. The highest BCUT2D eigenvalue weighted by Gasteiger charge is 2.11. The van der Waals surface area contributed by atoms with Crippen LogP contribution < -0.4 is 4.74 Å². The van der Waals surface area contributed by atoms with E-state index in [1.165, 1.54) is 25.7 Å². The number of esters is 1. The van der Waals surface area contributed by atoms with Gasteiger partial charge in [0, 0.05) is 5.02 Å². The van der Waals surface area contributed by atoms with Crippen molar-refractivity contribution in [2.45, 2.75) is 58.5 Å². The zero-order chi connectivity index (χ0) is 16.4. The molecule has 1 aromatic rings. The number of rotatable bonds is 10. The average molecular weight is 347 g/mol. The van der Waals surface area contributed by atoms with Gasteiger partial charge in [-0.25, -0.2) is 4.79 Å². The lowest BCUT2D eigenvalue weighted by Gasteiger charge is -2.14. The molecule has 0 saturated heterocycles. The van der Waals surface area contributed by atoms with E-state index in [4.69, 9.17) is 32.7 Å². The molecule has 124 valence electrons. The maximum absolute atomic E-state index is 11.7. The zero-order valence-electron chi connectivity index (χ0n) is 13.2. The molecule has 1 aromatic carbocycles. The van der Waals surface area contributed by atoms with Crippen molar-refractivity contribution in [1.82, 2.24) is 0 Å². The third-order valence-corrected chi connectivity index (χ3v) is 3.82. The molecule has 0 bridgehead atoms. The second-order valence-electron chi connectivity index (χ2n) is 5.37. The highest BCUT2D eigenvalue weighted by atomic mass is 35.5. The first-order valence-corrected chi connectivity index (χ1v) is 8.55. The van der Waals surface area contributed by atoms with Crippen molar-refractivity contribution in [3.63, 3.8) is 0 Å². The molecule has 3 nitrogen and oxygen atoms in total.